The van der Waals surface area contributed by atoms with Gasteiger partial charge in [0.15, 0.2) is 6.10 Å². The maximum Gasteiger partial charge on any atom is 0.306 e. The fraction of sp³-hybridized carbons (Fsp3) is 0.804. The molecule has 0 N–H and O–H groups in total. The van der Waals surface area contributed by atoms with Crippen molar-refractivity contribution in [1.29, 1.82) is 0 Å². The monoisotopic (exact) mass is 762 g/mol. The van der Waals surface area contributed by atoms with Crippen molar-refractivity contribution < 1.29 is 38.2 Å². The van der Waals surface area contributed by atoms with Crippen molar-refractivity contribution >= 4 is 17.9 Å². The minimum atomic E-state index is -1.13. The Morgan fingerprint density at radius 2 is 1.06 bits per heavy atom. The van der Waals surface area contributed by atoms with Crippen molar-refractivity contribution in [3.05, 3.63) is 36.5 Å². The summed E-state index contributed by atoms with van der Waals surface area (Å²) in [6.45, 7) is 4.50. The van der Waals surface area contributed by atoms with E-state index in [9.17, 15) is 19.5 Å². The normalized spacial score (nSPS) is 13.3. The van der Waals surface area contributed by atoms with Crippen LogP contribution in [0.25, 0.3) is 0 Å². The minimum absolute atomic E-state index is 0.0312. The topological polar surface area (TPSA) is 102 Å². The Balaban J connectivity index is 4.19. The molecular formula is C46H83NO7. The highest BCUT2D eigenvalue weighted by atomic mass is 16.6. The van der Waals surface area contributed by atoms with Crippen LogP contribution in [0, 0.1) is 0 Å². The fourth-order valence-corrected chi connectivity index (χ4v) is 6.35. The molecule has 0 aromatic carbocycles. The summed E-state index contributed by atoms with van der Waals surface area (Å²) in [6.07, 6.45) is 41.9. The Kier molecular flexibility index (Phi) is 35.8. The highest BCUT2D eigenvalue weighted by Gasteiger charge is 2.25. The molecule has 8 heteroatoms. The Labute approximate surface area is 332 Å². The van der Waals surface area contributed by atoms with Gasteiger partial charge in [-0.3, -0.25) is 9.59 Å². The predicted molar refractivity (Wildman–Crippen MR) is 222 cm³/mol. The van der Waals surface area contributed by atoms with E-state index in [1.807, 2.05) is 0 Å². The van der Waals surface area contributed by atoms with Crippen molar-refractivity contribution in [2.75, 3.05) is 41.0 Å². The number of rotatable bonds is 39. The molecule has 0 aliphatic heterocycles. The smallest absolute Gasteiger partial charge is 0.306 e. The van der Waals surface area contributed by atoms with E-state index in [0.717, 1.165) is 44.9 Å². The summed E-state index contributed by atoms with van der Waals surface area (Å²) < 4.78 is 17.1. The number of hydrogen-bond acceptors (Lipinski definition) is 7. The molecule has 2 atom stereocenters. The van der Waals surface area contributed by atoms with Gasteiger partial charge in [-0.15, -0.1) is 0 Å². The summed E-state index contributed by atoms with van der Waals surface area (Å²) in [4.78, 5) is 36.7. The number of allylic oxidation sites excluding steroid dienone is 6. The highest BCUT2D eigenvalue weighted by molar-refractivity contribution is 5.70. The van der Waals surface area contributed by atoms with Gasteiger partial charge in [0.05, 0.1) is 40.3 Å². The number of carboxylic acid groups (broad SMARTS) is 1. The van der Waals surface area contributed by atoms with Crippen molar-refractivity contribution in [3.8, 4) is 0 Å². The molecule has 2 unspecified atom stereocenters. The molecule has 8 nitrogen and oxygen atoms in total. The van der Waals surface area contributed by atoms with Crippen LogP contribution in [0.3, 0.4) is 0 Å². The van der Waals surface area contributed by atoms with Crippen LogP contribution in [0.2, 0.25) is 0 Å². The average Bonchev–Trinajstić information content (AvgIpc) is 3.12. The highest BCUT2D eigenvalue weighted by Crippen LogP contribution is 2.15. The Morgan fingerprint density at radius 3 is 1.59 bits per heavy atom. The number of nitrogens with zero attached hydrogens (tertiary/aromatic N) is 1. The summed E-state index contributed by atoms with van der Waals surface area (Å²) >= 11 is 0. The molecule has 0 fully saturated rings. The molecule has 0 heterocycles. The Morgan fingerprint density at radius 1 is 0.574 bits per heavy atom. The summed E-state index contributed by atoms with van der Waals surface area (Å²) in [5.74, 6) is -1.78. The third-order valence-corrected chi connectivity index (χ3v) is 9.76. The first-order chi connectivity index (χ1) is 26.1. The SMILES string of the molecule is CC/C=C/C/C=C/CCCCCCCCCCCCCCCCC(=O)OCC(COCCC(C(=O)[O-])[N+](C)(C)C)OC(=O)CCC/C=C/CCCCCC. The lowest BCUT2D eigenvalue weighted by Crippen LogP contribution is -2.55. The van der Waals surface area contributed by atoms with Gasteiger partial charge in [0.1, 0.15) is 12.6 Å². The van der Waals surface area contributed by atoms with Gasteiger partial charge in [-0.2, -0.15) is 0 Å². The van der Waals surface area contributed by atoms with Crippen LogP contribution in [0.15, 0.2) is 36.5 Å². The van der Waals surface area contributed by atoms with Gasteiger partial charge < -0.3 is 28.6 Å². The molecule has 0 saturated carbocycles. The maximum absolute atomic E-state index is 12.6. The number of carbonyl (C=O) groups excluding carboxylic acids is 3. The van der Waals surface area contributed by atoms with E-state index >= 15 is 0 Å². The largest absolute Gasteiger partial charge is 0.544 e. The zero-order chi connectivity index (χ0) is 40.0. The number of ether oxygens (including phenoxy) is 3. The van der Waals surface area contributed by atoms with Gasteiger partial charge in [0.25, 0.3) is 0 Å². The van der Waals surface area contributed by atoms with E-state index in [1.54, 1.807) is 21.1 Å². The van der Waals surface area contributed by atoms with Gasteiger partial charge in [-0.1, -0.05) is 147 Å². The summed E-state index contributed by atoms with van der Waals surface area (Å²) in [6, 6.07) is -0.727. The second-order valence-corrected chi connectivity index (χ2v) is 15.9. The lowest BCUT2D eigenvalue weighted by molar-refractivity contribution is -0.889. The average molecular weight is 762 g/mol. The second-order valence-electron chi connectivity index (χ2n) is 15.9. The zero-order valence-corrected chi connectivity index (χ0v) is 35.6. The third-order valence-electron chi connectivity index (χ3n) is 9.76. The standard InChI is InChI=1S/C46H83NO7/c1-6-8-10-12-14-16-17-18-19-20-21-22-23-24-25-26-27-29-30-32-34-36-44(48)53-41-42(40-52-39-38-43(46(50)51)47(3,4)5)54-45(49)37-35-33-31-28-15-13-11-9-7-2/h8,10,14,16,28,31,42-43H,6-7,9,11-13,15,17-27,29-30,32-41H2,1-5H3/b10-8+,16-14+,31-28+. The van der Waals surface area contributed by atoms with Gasteiger partial charge in [0, 0.05) is 19.3 Å². The van der Waals surface area contributed by atoms with Crippen LogP contribution in [0.4, 0.5) is 0 Å². The molecule has 0 aromatic heterocycles. The lowest BCUT2D eigenvalue weighted by Gasteiger charge is -2.34. The number of quaternary nitrogens is 1. The molecular weight excluding hydrogens is 679 g/mol. The summed E-state index contributed by atoms with van der Waals surface area (Å²) in [5.41, 5.74) is 0. The van der Waals surface area contributed by atoms with E-state index in [1.165, 1.54) is 103 Å². The number of carbonyl (C=O) groups is 3. The van der Waals surface area contributed by atoms with E-state index in [4.69, 9.17) is 14.2 Å². The quantitative estimate of drug-likeness (QED) is 0.0266. The molecule has 0 bridgehead atoms. The summed E-state index contributed by atoms with van der Waals surface area (Å²) in [5, 5.41) is 11.6. The maximum atomic E-state index is 12.6. The van der Waals surface area contributed by atoms with E-state index < -0.39 is 18.1 Å². The molecule has 0 aromatic rings. The minimum Gasteiger partial charge on any atom is -0.544 e. The van der Waals surface area contributed by atoms with Gasteiger partial charge in [-0.25, -0.2) is 0 Å². The number of aliphatic carboxylic acids is 1. The zero-order valence-electron chi connectivity index (χ0n) is 35.6. The van der Waals surface area contributed by atoms with E-state index in [0.29, 0.717) is 12.8 Å². The third kappa shape index (κ3) is 35.3. The number of esters is 2. The van der Waals surface area contributed by atoms with Crippen molar-refractivity contribution in [1.82, 2.24) is 0 Å². The molecule has 0 radical (unpaired) electrons. The van der Waals surface area contributed by atoms with Gasteiger partial charge in [-0.05, 0) is 57.8 Å². The van der Waals surface area contributed by atoms with Crippen LogP contribution in [-0.2, 0) is 28.6 Å². The van der Waals surface area contributed by atoms with Crippen molar-refractivity contribution in [2.45, 2.75) is 199 Å². The molecule has 0 rings (SSSR count). The lowest BCUT2D eigenvalue weighted by atomic mass is 10.0. The van der Waals surface area contributed by atoms with Crippen LogP contribution >= 0.6 is 0 Å². The Bertz CT molecular complexity index is 984. The van der Waals surface area contributed by atoms with Crippen molar-refractivity contribution in [2.24, 2.45) is 0 Å². The first-order valence-corrected chi connectivity index (χ1v) is 22.0. The van der Waals surface area contributed by atoms with Gasteiger partial charge in [0.2, 0.25) is 0 Å². The van der Waals surface area contributed by atoms with E-state index in [2.05, 4.69) is 50.3 Å². The first kappa shape index (κ1) is 51.5. The number of likely N-dealkylation sites (N-methyl/N-ethyl adjacent to an activating group) is 1. The first-order valence-electron chi connectivity index (χ1n) is 22.0. The molecule has 54 heavy (non-hydrogen) atoms. The molecule has 0 aliphatic rings. The number of unbranched alkanes of at least 4 members (excludes halogenated alkanes) is 19. The van der Waals surface area contributed by atoms with Crippen LogP contribution in [-0.4, -0.2) is 75.5 Å². The van der Waals surface area contributed by atoms with Crippen LogP contribution in [0.1, 0.15) is 187 Å². The molecule has 0 spiro atoms. The van der Waals surface area contributed by atoms with Gasteiger partial charge >= 0.3 is 11.9 Å². The Hall–Kier alpha value is -2.45. The van der Waals surface area contributed by atoms with Crippen LogP contribution in [0.5, 0.6) is 0 Å². The van der Waals surface area contributed by atoms with Crippen LogP contribution < -0.4 is 5.11 Å². The predicted octanol–water partition coefficient (Wildman–Crippen LogP) is 10.5. The second kappa shape index (κ2) is 37.5. The van der Waals surface area contributed by atoms with Crippen molar-refractivity contribution in [3.63, 3.8) is 0 Å². The number of carboxylic acids is 1. The molecule has 314 valence electrons. The number of hydrogen-bond donors (Lipinski definition) is 0. The summed E-state index contributed by atoms with van der Waals surface area (Å²) in [7, 11) is 5.39. The molecule has 0 saturated heterocycles. The fourth-order valence-electron chi connectivity index (χ4n) is 6.35. The van der Waals surface area contributed by atoms with E-state index in [-0.39, 0.29) is 49.1 Å². The molecule has 0 aliphatic carbocycles. The molecule has 0 amide bonds.